The molecule has 0 aliphatic heterocycles. The van der Waals surface area contributed by atoms with E-state index in [4.69, 9.17) is 0 Å². The molecule has 0 aromatic rings. The van der Waals surface area contributed by atoms with Crippen LogP contribution in [0.4, 0.5) is 0 Å². The fourth-order valence-electron chi connectivity index (χ4n) is 2.51. The Morgan fingerprint density at radius 3 is 1.55 bits per heavy atom. The van der Waals surface area contributed by atoms with Gasteiger partial charge in [0.1, 0.15) is 5.78 Å². The summed E-state index contributed by atoms with van der Waals surface area (Å²) >= 11 is 0. The van der Waals surface area contributed by atoms with Crippen molar-refractivity contribution in [1.29, 1.82) is 0 Å². The number of carboxylic acids is 1. The molecule has 0 amide bonds. The summed E-state index contributed by atoms with van der Waals surface area (Å²) in [5.41, 5.74) is 3.71. The first-order chi connectivity index (χ1) is 12.4. The Balaban J connectivity index is -0.000000563. The summed E-state index contributed by atoms with van der Waals surface area (Å²) in [6, 6.07) is 0. The van der Waals surface area contributed by atoms with E-state index in [9.17, 15) is 29.0 Å². The molecule has 0 rings (SSSR count). The summed E-state index contributed by atoms with van der Waals surface area (Å²) in [7, 11) is -5.09. The van der Waals surface area contributed by atoms with Crippen molar-refractivity contribution < 1.29 is 118 Å². The fraction of sp³-hybridized carbons (Fsp3) is 0.619. The molecule has 31 heavy (non-hydrogen) atoms. The molecule has 0 spiro atoms. The topological polar surface area (TPSA) is 120 Å². The van der Waals surface area contributed by atoms with E-state index in [1.807, 2.05) is 13.0 Å². The maximum atomic E-state index is 11.8. The van der Waals surface area contributed by atoms with Gasteiger partial charge in [-0.15, -0.1) is 0 Å². The van der Waals surface area contributed by atoms with Gasteiger partial charge in [0.05, 0.1) is 11.9 Å². The first kappa shape index (κ1) is 42.7. The predicted molar refractivity (Wildman–Crippen MR) is 107 cm³/mol. The monoisotopic (exact) mass is 482 g/mol. The molecule has 0 bridgehead atoms. The third kappa shape index (κ3) is 26.0. The molecular weight excluding hydrogens is 448 g/mol. The van der Waals surface area contributed by atoms with E-state index in [1.54, 1.807) is 0 Å². The van der Waals surface area contributed by atoms with Crippen molar-refractivity contribution in [2.24, 2.45) is 5.92 Å². The summed E-state index contributed by atoms with van der Waals surface area (Å²) in [5.74, 6) is -4.49. The fourth-order valence-corrected chi connectivity index (χ4v) is 3.31. The molecule has 0 aromatic carbocycles. The molecule has 0 heterocycles. The smallest absolute Gasteiger partial charge is 0.811 e. The standard InChI is InChI=1S/C20H33O6P.CH4.3Na/c1-15(2)8-5-9-16(3)10-6-11-17(4)12-7-13-19(21)18(20(22)23)14-27(24,25)26;;;;/h8,10,12,18H,5-7,9,11,13-14H2,1-4H3,(H,22,23)(H2,24,25,26);1H4;;;/q;;3*+1/p-3/b16-10+,17-12+;;;;. The van der Waals surface area contributed by atoms with E-state index in [0.717, 1.165) is 31.3 Å². The average molecular weight is 482 g/mol. The third-order valence-corrected chi connectivity index (χ3v) is 4.90. The SMILES string of the molecule is C.CC(C)=CCC/C(C)=C/CC/C(C)=C/CCC(=O)C(CP(=O)([O-])[O-])C(=O)[O-].[Na+].[Na+].[Na+]. The van der Waals surface area contributed by atoms with Crippen molar-refractivity contribution >= 4 is 19.3 Å². The Labute approximate surface area is 254 Å². The maximum Gasteiger partial charge on any atom is 1.00 e. The number of hydrogen-bond donors (Lipinski definition) is 0. The van der Waals surface area contributed by atoms with Crippen molar-refractivity contribution in [2.45, 2.75) is 73.6 Å². The molecule has 0 fully saturated rings. The minimum Gasteiger partial charge on any atom is -0.811 e. The second kappa shape index (κ2) is 23.3. The molecule has 0 N–H and O–H groups in total. The number of carboxylic acid groups (broad SMARTS) is 1. The van der Waals surface area contributed by atoms with Crippen molar-refractivity contribution in [3.05, 3.63) is 34.9 Å². The van der Waals surface area contributed by atoms with Gasteiger partial charge in [-0.2, -0.15) is 0 Å². The summed E-state index contributed by atoms with van der Waals surface area (Å²) in [5, 5.41) is 10.9. The van der Waals surface area contributed by atoms with Gasteiger partial charge in [0.25, 0.3) is 0 Å². The summed E-state index contributed by atoms with van der Waals surface area (Å²) in [6.07, 6.45) is 8.94. The second-order valence-corrected chi connectivity index (χ2v) is 8.72. The number of allylic oxidation sites excluding steroid dienone is 6. The van der Waals surface area contributed by atoms with Crippen LogP contribution in [0.1, 0.15) is 73.6 Å². The van der Waals surface area contributed by atoms with Gasteiger partial charge in [-0.05, 0) is 66.0 Å². The van der Waals surface area contributed by atoms with Crippen molar-refractivity contribution in [3.8, 4) is 0 Å². The summed E-state index contributed by atoms with van der Waals surface area (Å²) < 4.78 is 10.7. The van der Waals surface area contributed by atoms with Crippen LogP contribution in [0.15, 0.2) is 34.9 Å². The number of hydrogen-bond acceptors (Lipinski definition) is 6. The molecule has 0 saturated heterocycles. The Hall–Kier alpha value is 1.51. The predicted octanol–water partition coefficient (Wildman–Crippen LogP) is -6.32. The first-order valence-corrected chi connectivity index (χ1v) is 10.8. The molecule has 0 aromatic heterocycles. The molecule has 0 aliphatic carbocycles. The van der Waals surface area contributed by atoms with Crippen LogP contribution in [0.25, 0.3) is 0 Å². The molecule has 0 saturated carbocycles. The van der Waals surface area contributed by atoms with Gasteiger partial charge in [-0.3, -0.25) is 4.79 Å². The van der Waals surface area contributed by atoms with Gasteiger partial charge in [-0.25, -0.2) is 0 Å². The van der Waals surface area contributed by atoms with Crippen molar-refractivity contribution in [2.75, 3.05) is 6.16 Å². The van der Waals surface area contributed by atoms with Gasteiger partial charge in [0, 0.05) is 6.42 Å². The van der Waals surface area contributed by atoms with E-state index in [1.165, 1.54) is 11.1 Å². The minimum atomic E-state index is -5.09. The van der Waals surface area contributed by atoms with E-state index < -0.39 is 31.4 Å². The average Bonchev–Trinajstić information content (AvgIpc) is 2.51. The summed E-state index contributed by atoms with van der Waals surface area (Å²) in [4.78, 5) is 44.1. The van der Waals surface area contributed by atoms with E-state index in [2.05, 4.69) is 32.9 Å². The zero-order valence-corrected chi connectivity index (χ0v) is 26.6. The van der Waals surface area contributed by atoms with Crippen LogP contribution < -0.4 is 104 Å². The van der Waals surface area contributed by atoms with Gasteiger partial charge in [0.15, 0.2) is 0 Å². The van der Waals surface area contributed by atoms with Crippen LogP contribution in [0, 0.1) is 5.92 Å². The van der Waals surface area contributed by atoms with Gasteiger partial charge >= 0.3 is 88.7 Å². The van der Waals surface area contributed by atoms with Gasteiger partial charge in [-0.1, -0.05) is 50.0 Å². The Bertz CT molecular complexity index is 650. The zero-order valence-electron chi connectivity index (χ0n) is 19.7. The number of ketones is 1. The van der Waals surface area contributed by atoms with Crippen molar-refractivity contribution in [3.63, 3.8) is 0 Å². The number of rotatable bonds is 13. The molecule has 10 heteroatoms. The van der Waals surface area contributed by atoms with Crippen LogP contribution in [0.5, 0.6) is 0 Å². The quantitative estimate of drug-likeness (QED) is 0.112. The van der Waals surface area contributed by atoms with Gasteiger partial charge in [0.2, 0.25) is 0 Å². The number of carbonyl (C=O) groups is 2. The zero-order chi connectivity index (χ0) is 21.0. The Kier molecular flexibility index (Phi) is 32.0. The molecular formula is C21H34Na3O6P. The number of carbonyl (C=O) groups excluding carboxylic acids is 2. The van der Waals surface area contributed by atoms with Crippen LogP contribution in [0.2, 0.25) is 0 Å². The number of aliphatic carboxylic acids is 1. The van der Waals surface area contributed by atoms with Crippen LogP contribution in [-0.4, -0.2) is 17.9 Å². The first-order valence-electron chi connectivity index (χ1n) is 9.11. The molecule has 0 radical (unpaired) electrons. The maximum absolute atomic E-state index is 11.8. The molecule has 6 nitrogen and oxygen atoms in total. The third-order valence-electron chi connectivity index (χ3n) is 4.09. The van der Waals surface area contributed by atoms with E-state index >= 15 is 0 Å². The van der Waals surface area contributed by atoms with E-state index in [0.29, 0.717) is 6.42 Å². The normalized spacial score (nSPS) is 12.2. The molecule has 1 unspecified atom stereocenters. The Morgan fingerprint density at radius 1 is 0.806 bits per heavy atom. The van der Waals surface area contributed by atoms with Crippen LogP contribution in [-0.2, 0) is 14.2 Å². The minimum absolute atomic E-state index is 0. The number of Topliss-reactive ketones (excluding diaryl/α,β-unsaturated/α-hetero) is 1. The molecule has 1 atom stereocenters. The van der Waals surface area contributed by atoms with Gasteiger partial charge < -0.3 is 24.3 Å². The van der Waals surface area contributed by atoms with Crippen LogP contribution in [0.3, 0.4) is 0 Å². The second-order valence-electron chi connectivity index (χ2n) is 7.13. The summed E-state index contributed by atoms with van der Waals surface area (Å²) in [6.45, 7) is 8.18. The van der Waals surface area contributed by atoms with Crippen LogP contribution >= 0.6 is 7.60 Å². The van der Waals surface area contributed by atoms with E-state index in [-0.39, 0.29) is 103 Å². The Morgan fingerprint density at radius 2 is 1.19 bits per heavy atom. The van der Waals surface area contributed by atoms with Crippen molar-refractivity contribution in [1.82, 2.24) is 0 Å². The molecule has 0 aliphatic rings. The molecule has 162 valence electrons. The largest absolute Gasteiger partial charge is 1.00 e.